The third-order valence-corrected chi connectivity index (χ3v) is 2.50. The van der Waals surface area contributed by atoms with Crippen molar-refractivity contribution in [2.45, 2.75) is 0 Å². The molecule has 0 atom stereocenters. The van der Waals surface area contributed by atoms with Gasteiger partial charge in [-0.2, -0.15) is 0 Å². The molecule has 19 heavy (non-hydrogen) atoms. The lowest BCUT2D eigenvalue weighted by atomic mass is 10.4. The Bertz CT molecular complexity index is 510. The second-order valence-corrected chi connectivity index (χ2v) is 3.94. The van der Waals surface area contributed by atoms with Crippen LogP contribution in [0.5, 0.6) is 0 Å². The highest BCUT2D eigenvalue weighted by Crippen LogP contribution is 2.16. The van der Waals surface area contributed by atoms with E-state index in [1.54, 1.807) is 6.07 Å². The van der Waals surface area contributed by atoms with Gasteiger partial charge in [-0.05, 0) is 17.7 Å². The number of carbonyl (C=O) groups is 1. The van der Waals surface area contributed by atoms with E-state index in [9.17, 15) is 4.79 Å². The van der Waals surface area contributed by atoms with E-state index in [2.05, 4.69) is 9.97 Å². The number of amides is 1. The SMILES string of the molecule is O=C1OCCN1c1ccnc(Cl)n1.c1ccccc1. The lowest BCUT2D eigenvalue weighted by molar-refractivity contribution is 0.181. The Kier molecular flexibility index (Phi) is 4.69. The van der Waals surface area contributed by atoms with Crippen molar-refractivity contribution in [1.29, 1.82) is 0 Å². The summed E-state index contributed by atoms with van der Waals surface area (Å²) in [6.07, 6.45) is 1.10. The third kappa shape index (κ3) is 3.93. The maximum atomic E-state index is 11.1. The Morgan fingerprint density at radius 2 is 1.79 bits per heavy atom. The van der Waals surface area contributed by atoms with Crippen LogP contribution < -0.4 is 4.90 Å². The van der Waals surface area contributed by atoms with Gasteiger partial charge in [0, 0.05) is 6.20 Å². The van der Waals surface area contributed by atoms with Crippen LogP contribution in [-0.4, -0.2) is 29.2 Å². The number of rotatable bonds is 1. The average molecular weight is 278 g/mol. The van der Waals surface area contributed by atoms with Crippen molar-refractivity contribution in [3.05, 3.63) is 53.9 Å². The Balaban J connectivity index is 0.000000186. The highest BCUT2D eigenvalue weighted by molar-refractivity contribution is 6.28. The van der Waals surface area contributed by atoms with E-state index in [1.807, 2.05) is 36.4 Å². The van der Waals surface area contributed by atoms with Crippen LogP contribution in [0.25, 0.3) is 0 Å². The maximum absolute atomic E-state index is 11.1. The molecule has 0 radical (unpaired) electrons. The van der Waals surface area contributed by atoms with Crippen molar-refractivity contribution in [2.75, 3.05) is 18.1 Å². The zero-order valence-electron chi connectivity index (χ0n) is 10.1. The lowest BCUT2D eigenvalue weighted by Gasteiger charge is -2.10. The molecule has 1 aliphatic rings. The monoisotopic (exact) mass is 277 g/mol. The van der Waals surface area contributed by atoms with E-state index >= 15 is 0 Å². The fourth-order valence-electron chi connectivity index (χ4n) is 1.46. The number of hydrogen-bond donors (Lipinski definition) is 0. The van der Waals surface area contributed by atoms with Gasteiger partial charge in [-0.25, -0.2) is 14.8 Å². The minimum Gasteiger partial charge on any atom is -0.447 e. The van der Waals surface area contributed by atoms with Crippen LogP contribution in [-0.2, 0) is 4.74 Å². The topological polar surface area (TPSA) is 55.3 Å². The largest absolute Gasteiger partial charge is 0.447 e. The fourth-order valence-corrected chi connectivity index (χ4v) is 1.61. The van der Waals surface area contributed by atoms with Crippen LogP contribution in [0.1, 0.15) is 0 Å². The van der Waals surface area contributed by atoms with Crippen molar-refractivity contribution < 1.29 is 9.53 Å². The van der Waals surface area contributed by atoms with E-state index < -0.39 is 6.09 Å². The van der Waals surface area contributed by atoms with Crippen LogP contribution in [0.3, 0.4) is 0 Å². The van der Waals surface area contributed by atoms with Gasteiger partial charge in [0.1, 0.15) is 12.4 Å². The second kappa shape index (κ2) is 6.70. The summed E-state index contributed by atoms with van der Waals surface area (Å²) in [6.45, 7) is 0.895. The normalized spacial score (nSPS) is 13.5. The summed E-state index contributed by atoms with van der Waals surface area (Å²) in [5, 5.41) is 0.122. The molecule has 0 bridgehead atoms. The number of carbonyl (C=O) groups excluding carboxylic acids is 1. The molecule has 0 aliphatic carbocycles. The number of benzene rings is 1. The Labute approximate surface area is 115 Å². The van der Waals surface area contributed by atoms with Gasteiger partial charge in [0.15, 0.2) is 0 Å². The Hall–Kier alpha value is -2.14. The van der Waals surface area contributed by atoms with Gasteiger partial charge in [-0.3, -0.25) is 4.90 Å². The molecule has 1 aromatic carbocycles. The predicted molar refractivity (Wildman–Crippen MR) is 72.2 cm³/mol. The zero-order valence-corrected chi connectivity index (χ0v) is 10.8. The molecule has 0 saturated carbocycles. The van der Waals surface area contributed by atoms with Gasteiger partial charge in [-0.1, -0.05) is 36.4 Å². The van der Waals surface area contributed by atoms with E-state index in [0.29, 0.717) is 19.0 Å². The van der Waals surface area contributed by atoms with E-state index in [4.69, 9.17) is 16.3 Å². The quantitative estimate of drug-likeness (QED) is 0.752. The molecule has 1 saturated heterocycles. The average Bonchev–Trinajstić information content (AvgIpc) is 2.88. The number of anilines is 1. The van der Waals surface area contributed by atoms with Gasteiger partial charge in [0.25, 0.3) is 0 Å². The van der Waals surface area contributed by atoms with Crippen molar-refractivity contribution in [3.8, 4) is 0 Å². The molecule has 0 spiro atoms. The zero-order chi connectivity index (χ0) is 13.5. The first-order valence-electron chi connectivity index (χ1n) is 5.70. The molecule has 1 amide bonds. The molecular formula is C13H12ClN3O2. The minimum atomic E-state index is -0.394. The molecule has 1 fully saturated rings. The highest BCUT2D eigenvalue weighted by atomic mass is 35.5. The van der Waals surface area contributed by atoms with Crippen molar-refractivity contribution in [2.24, 2.45) is 0 Å². The molecule has 5 nitrogen and oxygen atoms in total. The smallest absolute Gasteiger partial charge is 0.415 e. The number of ether oxygens (including phenoxy) is 1. The number of hydrogen-bond acceptors (Lipinski definition) is 4. The molecule has 0 N–H and O–H groups in total. The van der Waals surface area contributed by atoms with Gasteiger partial charge in [0.2, 0.25) is 5.28 Å². The van der Waals surface area contributed by atoms with Crippen LogP contribution in [0, 0.1) is 0 Å². The fraction of sp³-hybridized carbons (Fsp3) is 0.154. The molecule has 0 unspecified atom stereocenters. The van der Waals surface area contributed by atoms with Gasteiger partial charge >= 0.3 is 6.09 Å². The van der Waals surface area contributed by atoms with Gasteiger partial charge < -0.3 is 4.74 Å². The van der Waals surface area contributed by atoms with Crippen molar-refractivity contribution in [1.82, 2.24) is 9.97 Å². The molecule has 1 aromatic heterocycles. The number of nitrogens with zero attached hydrogens (tertiary/aromatic N) is 3. The lowest BCUT2D eigenvalue weighted by Crippen LogP contribution is -2.24. The third-order valence-electron chi connectivity index (χ3n) is 2.32. The molecule has 2 aromatic rings. The Morgan fingerprint density at radius 3 is 2.26 bits per heavy atom. The highest BCUT2D eigenvalue weighted by Gasteiger charge is 2.24. The molecule has 98 valence electrons. The molecule has 1 aliphatic heterocycles. The van der Waals surface area contributed by atoms with Crippen LogP contribution in [0.4, 0.5) is 10.6 Å². The molecule has 3 rings (SSSR count). The van der Waals surface area contributed by atoms with E-state index in [0.717, 1.165) is 0 Å². The summed E-state index contributed by atoms with van der Waals surface area (Å²) in [5.41, 5.74) is 0. The summed E-state index contributed by atoms with van der Waals surface area (Å²) < 4.78 is 4.74. The number of aromatic nitrogens is 2. The van der Waals surface area contributed by atoms with Gasteiger partial charge in [0.05, 0.1) is 6.54 Å². The molecule has 6 heteroatoms. The Morgan fingerprint density at radius 1 is 1.16 bits per heavy atom. The molecule has 2 heterocycles. The first-order chi connectivity index (χ1) is 9.27. The summed E-state index contributed by atoms with van der Waals surface area (Å²) >= 11 is 5.57. The van der Waals surface area contributed by atoms with Crippen LogP contribution in [0.2, 0.25) is 5.28 Å². The van der Waals surface area contributed by atoms with E-state index in [-0.39, 0.29) is 5.28 Å². The van der Waals surface area contributed by atoms with Crippen LogP contribution in [0.15, 0.2) is 48.7 Å². The maximum Gasteiger partial charge on any atom is 0.415 e. The predicted octanol–water partition coefficient (Wildman–Crippen LogP) is 2.77. The second-order valence-electron chi connectivity index (χ2n) is 3.60. The number of cyclic esters (lactones) is 1. The summed E-state index contributed by atoms with van der Waals surface area (Å²) in [7, 11) is 0. The van der Waals surface area contributed by atoms with E-state index in [1.165, 1.54) is 11.1 Å². The summed E-state index contributed by atoms with van der Waals surface area (Å²) in [5.74, 6) is 0.475. The van der Waals surface area contributed by atoms with Crippen molar-refractivity contribution >= 4 is 23.5 Å². The van der Waals surface area contributed by atoms with Crippen molar-refractivity contribution in [3.63, 3.8) is 0 Å². The minimum absolute atomic E-state index is 0.122. The first-order valence-corrected chi connectivity index (χ1v) is 6.08. The standard InChI is InChI=1S/C7H6ClN3O2.C6H6/c8-6-9-2-1-5(10-6)11-3-4-13-7(11)12;1-2-4-6-5-3-1/h1-2H,3-4H2;1-6H. The van der Waals surface area contributed by atoms with Crippen LogP contribution >= 0.6 is 11.6 Å². The summed E-state index contributed by atoms with van der Waals surface area (Å²) in [4.78, 5) is 20.1. The summed E-state index contributed by atoms with van der Waals surface area (Å²) in [6, 6.07) is 13.6. The first kappa shape index (κ1) is 13.3. The number of halogens is 1. The molecular weight excluding hydrogens is 266 g/mol. The van der Waals surface area contributed by atoms with Gasteiger partial charge in [-0.15, -0.1) is 0 Å².